The molecule has 25 heavy (non-hydrogen) atoms. The van der Waals surface area contributed by atoms with E-state index in [0.29, 0.717) is 0 Å². The van der Waals surface area contributed by atoms with Crippen molar-refractivity contribution in [3.63, 3.8) is 0 Å². The van der Waals surface area contributed by atoms with Gasteiger partial charge in [0.25, 0.3) is 0 Å². The quantitative estimate of drug-likeness (QED) is 0.544. The molecule has 3 aromatic rings. The number of para-hydroxylation sites is 1. The van der Waals surface area contributed by atoms with Gasteiger partial charge in [-0.1, -0.05) is 35.9 Å². The first-order chi connectivity index (χ1) is 12.1. The lowest BCUT2D eigenvalue weighted by Crippen LogP contribution is -2.24. The van der Waals surface area contributed by atoms with Crippen LogP contribution in [0.3, 0.4) is 0 Å². The summed E-state index contributed by atoms with van der Waals surface area (Å²) in [5, 5.41) is 6.81. The first-order valence-electron chi connectivity index (χ1n) is 8.03. The zero-order valence-electron chi connectivity index (χ0n) is 14.2. The number of amides is 2. The van der Waals surface area contributed by atoms with E-state index in [4.69, 9.17) is 0 Å². The summed E-state index contributed by atoms with van der Waals surface area (Å²) in [4.78, 5) is 11.9. The van der Waals surface area contributed by atoms with E-state index in [1.165, 1.54) is 5.56 Å². The van der Waals surface area contributed by atoms with Crippen molar-refractivity contribution in [2.24, 2.45) is 5.10 Å². The Kier molecular flexibility index (Phi) is 4.95. The Labute approximate surface area is 147 Å². The van der Waals surface area contributed by atoms with Crippen LogP contribution in [0.25, 0.3) is 5.69 Å². The second-order valence-corrected chi connectivity index (χ2v) is 5.78. The van der Waals surface area contributed by atoms with Crippen molar-refractivity contribution in [1.82, 2.24) is 9.99 Å². The molecule has 0 aliphatic rings. The first kappa shape index (κ1) is 16.5. The Bertz CT molecular complexity index is 894. The maximum absolute atomic E-state index is 11.9. The molecule has 1 aromatic heterocycles. The van der Waals surface area contributed by atoms with E-state index in [1.54, 1.807) is 6.21 Å². The molecule has 0 unspecified atom stereocenters. The molecule has 0 saturated carbocycles. The molecule has 0 aliphatic carbocycles. The van der Waals surface area contributed by atoms with Crippen LogP contribution in [0, 0.1) is 13.8 Å². The average Bonchev–Trinajstić information content (AvgIpc) is 3.06. The van der Waals surface area contributed by atoms with Gasteiger partial charge in [0, 0.05) is 17.6 Å². The molecule has 5 heteroatoms. The lowest BCUT2D eigenvalue weighted by atomic mass is 10.2. The molecule has 0 radical (unpaired) electrons. The number of hydrogen-bond donors (Lipinski definition) is 2. The topological polar surface area (TPSA) is 58.4 Å². The van der Waals surface area contributed by atoms with Gasteiger partial charge >= 0.3 is 6.03 Å². The van der Waals surface area contributed by atoms with Crippen molar-refractivity contribution in [3.05, 3.63) is 83.7 Å². The monoisotopic (exact) mass is 332 g/mol. The fourth-order valence-corrected chi connectivity index (χ4v) is 2.46. The Morgan fingerprint density at radius 1 is 1.00 bits per heavy atom. The van der Waals surface area contributed by atoms with Gasteiger partial charge in [-0.2, -0.15) is 5.10 Å². The summed E-state index contributed by atoms with van der Waals surface area (Å²) in [6, 6.07) is 19.3. The second kappa shape index (κ2) is 7.49. The van der Waals surface area contributed by atoms with E-state index < -0.39 is 0 Å². The molecule has 2 aromatic carbocycles. The number of carbonyl (C=O) groups is 1. The molecule has 0 bridgehead atoms. The minimum Gasteiger partial charge on any atom is -0.316 e. The van der Waals surface area contributed by atoms with Crippen LogP contribution in [0.1, 0.15) is 16.8 Å². The molecule has 126 valence electrons. The highest BCUT2D eigenvalue weighted by molar-refractivity contribution is 5.90. The van der Waals surface area contributed by atoms with Gasteiger partial charge in [0.05, 0.1) is 11.9 Å². The lowest BCUT2D eigenvalue weighted by Gasteiger charge is -2.08. The van der Waals surface area contributed by atoms with Gasteiger partial charge in [0.2, 0.25) is 0 Å². The molecular formula is C20H20N4O. The molecule has 3 rings (SSSR count). The normalized spacial score (nSPS) is 10.8. The molecule has 1 heterocycles. The summed E-state index contributed by atoms with van der Waals surface area (Å²) >= 11 is 0. The third kappa shape index (κ3) is 4.14. The lowest BCUT2D eigenvalue weighted by molar-refractivity contribution is 0.252. The molecule has 5 nitrogen and oxygen atoms in total. The van der Waals surface area contributed by atoms with Crippen LogP contribution in [-0.2, 0) is 0 Å². The number of hydrogen-bond acceptors (Lipinski definition) is 2. The molecule has 0 spiro atoms. The Hall–Kier alpha value is -3.34. The number of hydrazone groups is 1. The van der Waals surface area contributed by atoms with Crippen molar-refractivity contribution in [1.29, 1.82) is 0 Å². The van der Waals surface area contributed by atoms with Gasteiger partial charge in [-0.05, 0) is 49.7 Å². The maximum Gasteiger partial charge on any atom is 0.339 e. The van der Waals surface area contributed by atoms with E-state index in [9.17, 15) is 4.79 Å². The highest BCUT2D eigenvalue weighted by atomic mass is 16.2. The smallest absolute Gasteiger partial charge is 0.316 e. The number of urea groups is 1. The van der Waals surface area contributed by atoms with Crippen LogP contribution >= 0.6 is 0 Å². The van der Waals surface area contributed by atoms with Crippen molar-refractivity contribution in [2.45, 2.75) is 13.8 Å². The molecule has 0 aliphatic heterocycles. The molecule has 0 atom stereocenters. The minimum atomic E-state index is -0.376. The number of carbonyl (C=O) groups excluding carboxylic acids is 1. The van der Waals surface area contributed by atoms with Crippen molar-refractivity contribution >= 4 is 17.9 Å². The highest BCUT2D eigenvalue weighted by Gasteiger charge is 2.03. The minimum absolute atomic E-state index is 0.376. The molecule has 2 N–H and O–H groups in total. The number of anilines is 1. The third-order valence-electron chi connectivity index (χ3n) is 3.85. The zero-order chi connectivity index (χ0) is 17.6. The van der Waals surface area contributed by atoms with Crippen LogP contribution in [0.5, 0.6) is 0 Å². The van der Waals surface area contributed by atoms with E-state index in [0.717, 1.165) is 22.6 Å². The van der Waals surface area contributed by atoms with Crippen molar-refractivity contribution in [2.75, 3.05) is 5.32 Å². The van der Waals surface area contributed by atoms with Crippen LogP contribution in [-0.4, -0.2) is 16.8 Å². The third-order valence-corrected chi connectivity index (χ3v) is 3.85. The second-order valence-electron chi connectivity index (χ2n) is 5.78. The summed E-state index contributed by atoms with van der Waals surface area (Å²) in [6.07, 6.45) is 3.58. The van der Waals surface area contributed by atoms with Gasteiger partial charge in [0.15, 0.2) is 0 Å². The van der Waals surface area contributed by atoms with Gasteiger partial charge in [-0.3, -0.25) is 0 Å². The summed E-state index contributed by atoms with van der Waals surface area (Å²) < 4.78 is 2.00. The number of nitrogens with one attached hydrogen (secondary N) is 2. The number of aryl methyl sites for hydroxylation is 2. The van der Waals surface area contributed by atoms with E-state index in [2.05, 4.69) is 34.9 Å². The van der Waals surface area contributed by atoms with Gasteiger partial charge in [0.1, 0.15) is 0 Å². The summed E-state index contributed by atoms with van der Waals surface area (Å²) in [7, 11) is 0. The molecule has 2 amide bonds. The van der Waals surface area contributed by atoms with Gasteiger partial charge in [-0.25, -0.2) is 10.2 Å². The standard InChI is InChI=1S/C20H20N4O/c1-15-9-11-17(12-10-15)24-13-5-7-18(24)14-21-23-20(25)22-19-8-4-3-6-16(19)2/h3-14H,1-2H3,(H2,22,23,25). The van der Waals surface area contributed by atoms with Crippen LogP contribution < -0.4 is 10.7 Å². The van der Waals surface area contributed by atoms with E-state index in [-0.39, 0.29) is 6.03 Å². The number of aromatic nitrogens is 1. The zero-order valence-corrected chi connectivity index (χ0v) is 14.2. The van der Waals surface area contributed by atoms with Crippen LogP contribution in [0.2, 0.25) is 0 Å². The number of rotatable bonds is 4. The molecular weight excluding hydrogens is 312 g/mol. The predicted molar refractivity (Wildman–Crippen MR) is 101 cm³/mol. The summed E-state index contributed by atoms with van der Waals surface area (Å²) in [5.74, 6) is 0. The Morgan fingerprint density at radius 2 is 1.76 bits per heavy atom. The SMILES string of the molecule is Cc1ccc(-n2cccc2C=NNC(=O)Nc2ccccc2C)cc1. The summed E-state index contributed by atoms with van der Waals surface area (Å²) in [5.41, 5.74) is 7.37. The van der Waals surface area contributed by atoms with Crippen molar-refractivity contribution in [3.8, 4) is 5.69 Å². The molecule has 0 saturated heterocycles. The number of benzene rings is 2. The van der Waals surface area contributed by atoms with E-state index in [1.807, 2.05) is 66.2 Å². The fraction of sp³-hybridized carbons (Fsp3) is 0.100. The van der Waals surface area contributed by atoms with E-state index >= 15 is 0 Å². The highest BCUT2D eigenvalue weighted by Crippen LogP contribution is 2.13. The fourth-order valence-electron chi connectivity index (χ4n) is 2.46. The maximum atomic E-state index is 11.9. The largest absolute Gasteiger partial charge is 0.339 e. The van der Waals surface area contributed by atoms with Crippen LogP contribution in [0.15, 0.2) is 72.0 Å². The van der Waals surface area contributed by atoms with Crippen molar-refractivity contribution < 1.29 is 4.79 Å². The van der Waals surface area contributed by atoms with Gasteiger partial charge in [-0.15, -0.1) is 0 Å². The Balaban J connectivity index is 1.65. The van der Waals surface area contributed by atoms with Gasteiger partial charge < -0.3 is 9.88 Å². The molecule has 0 fully saturated rings. The van der Waals surface area contributed by atoms with Crippen LogP contribution in [0.4, 0.5) is 10.5 Å². The number of nitrogens with zero attached hydrogens (tertiary/aromatic N) is 2. The Morgan fingerprint density at radius 3 is 2.52 bits per heavy atom. The first-order valence-corrected chi connectivity index (χ1v) is 8.03. The predicted octanol–water partition coefficient (Wildman–Crippen LogP) is 4.25. The average molecular weight is 332 g/mol. The summed E-state index contributed by atoms with van der Waals surface area (Å²) in [6.45, 7) is 3.99.